The second kappa shape index (κ2) is 6.18. The molecule has 1 heterocycles. The summed E-state index contributed by atoms with van der Waals surface area (Å²) in [4.78, 5) is 10.7. The SMILES string of the molecule is C#CCN(CC(=O)O)S(=O)(=O)N1CCC(C)CC1. The van der Waals surface area contributed by atoms with Crippen LogP contribution < -0.4 is 0 Å². The summed E-state index contributed by atoms with van der Waals surface area (Å²) in [6, 6.07) is 0. The topological polar surface area (TPSA) is 77.9 Å². The fourth-order valence-corrected chi connectivity index (χ4v) is 3.36. The Bertz CT molecular complexity index is 432. The number of nitrogens with zero attached hydrogens (tertiary/aromatic N) is 2. The van der Waals surface area contributed by atoms with Gasteiger partial charge in [0, 0.05) is 13.1 Å². The molecule has 0 aromatic heterocycles. The molecule has 1 saturated heterocycles. The first-order valence-electron chi connectivity index (χ1n) is 5.78. The highest BCUT2D eigenvalue weighted by Crippen LogP contribution is 2.20. The van der Waals surface area contributed by atoms with Gasteiger partial charge in [-0.25, -0.2) is 0 Å². The lowest BCUT2D eigenvalue weighted by Crippen LogP contribution is -2.48. The lowest BCUT2D eigenvalue weighted by atomic mass is 10.0. The number of hydrogen-bond donors (Lipinski definition) is 1. The van der Waals surface area contributed by atoms with E-state index >= 15 is 0 Å². The van der Waals surface area contributed by atoms with Crippen LogP contribution in [0.5, 0.6) is 0 Å². The van der Waals surface area contributed by atoms with E-state index in [9.17, 15) is 13.2 Å². The third kappa shape index (κ3) is 3.70. The molecule has 0 unspecified atom stereocenters. The summed E-state index contributed by atoms with van der Waals surface area (Å²) < 4.78 is 26.6. The quantitative estimate of drug-likeness (QED) is 0.715. The number of hydrogen-bond acceptors (Lipinski definition) is 3. The van der Waals surface area contributed by atoms with Crippen LogP contribution in [0.4, 0.5) is 0 Å². The third-order valence-electron chi connectivity index (χ3n) is 2.97. The normalized spacial score (nSPS) is 18.7. The number of terminal acetylenes is 1. The molecule has 1 aliphatic heterocycles. The maximum atomic E-state index is 12.2. The average molecular weight is 274 g/mol. The predicted molar refractivity (Wildman–Crippen MR) is 66.9 cm³/mol. The van der Waals surface area contributed by atoms with Crippen molar-refractivity contribution in [3.63, 3.8) is 0 Å². The molecule has 7 heteroatoms. The van der Waals surface area contributed by atoms with Crippen LogP contribution in [0.3, 0.4) is 0 Å². The van der Waals surface area contributed by atoms with E-state index in [4.69, 9.17) is 11.5 Å². The van der Waals surface area contributed by atoms with Crippen LogP contribution in [0.1, 0.15) is 19.8 Å². The Morgan fingerprint density at radius 1 is 1.50 bits per heavy atom. The number of piperidine rings is 1. The van der Waals surface area contributed by atoms with Gasteiger partial charge in [-0.15, -0.1) is 6.42 Å². The molecule has 0 amide bonds. The molecular weight excluding hydrogens is 256 g/mol. The first-order chi connectivity index (χ1) is 8.37. The summed E-state index contributed by atoms with van der Waals surface area (Å²) >= 11 is 0. The highest BCUT2D eigenvalue weighted by molar-refractivity contribution is 7.86. The monoisotopic (exact) mass is 274 g/mol. The van der Waals surface area contributed by atoms with Crippen molar-refractivity contribution in [1.82, 2.24) is 8.61 Å². The van der Waals surface area contributed by atoms with E-state index in [0.29, 0.717) is 19.0 Å². The minimum Gasteiger partial charge on any atom is -0.480 e. The largest absolute Gasteiger partial charge is 0.480 e. The number of carboxylic acids is 1. The molecule has 1 rings (SSSR count). The molecule has 0 radical (unpaired) electrons. The van der Waals surface area contributed by atoms with Crippen LogP contribution in [0.25, 0.3) is 0 Å². The van der Waals surface area contributed by atoms with Crippen molar-refractivity contribution in [3.05, 3.63) is 0 Å². The van der Waals surface area contributed by atoms with Gasteiger partial charge in [-0.3, -0.25) is 4.79 Å². The molecule has 6 nitrogen and oxygen atoms in total. The lowest BCUT2D eigenvalue weighted by molar-refractivity contribution is -0.137. The highest BCUT2D eigenvalue weighted by Gasteiger charge is 2.32. The van der Waals surface area contributed by atoms with E-state index < -0.39 is 22.7 Å². The molecule has 1 N–H and O–H groups in total. The maximum absolute atomic E-state index is 12.2. The molecule has 102 valence electrons. The van der Waals surface area contributed by atoms with Crippen LogP contribution in [0.15, 0.2) is 0 Å². The number of rotatable bonds is 5. The van der Waals surface area contributed by atoms with Gasteiger partial charge in [0.2, 0.25) is 0 Å². The van der Waals surface area contributed by atoms with Crippen LogP contribution in [0.2, 0.25) is 0 Å². The summed E-state index contributed by atoms with van der Waals surface area (Å²) in [5.41, 5.74) is 0. The molecule has 0 saturated carbocycles. The number of carbonyl (C=O) groups is 1. The maximum Gasteiger partial charge on any atom is 0.318 e. The number of aliphatic carboxylic acids is 1. The first-order valence-corrected chi connectivity index (χ1v) is 7.18. The fourth-order valence-electron chi connectivity index (χ4n) is 1.85. The van der Waals surface area contributed by atoms with E-state index in [2.05, 4.69) is 12.8 Å². The summed E-state index contributed by atoms with van der Waals surface area (Å²) in [5, 5.41) is 8.72. The molecule has 0 bridgehead atoms. The van der Waals surface area contributed by atoms with E-state index in [1.165, 1.54) is 4.31 Å². The van der Waals surface area contributed by atoms with Crippen molar-refractivity contribution in [3.8, 4) is 12.3 Å². The van der Waals surface area contributed by atoms with Gasteiger partial charge in [-0.1, -0.05) is 12.8 Å². The molecule has 0 atom stereocenters. The molecular formula is C11H18N2O4S. The van der Waals surface area contributed by atoms with Gasteiger partial charge < -0.3 is 5.11 Å². The van der Waals surface area contributed by atoms with Crippen LogP contribution in [-0.4, -0.2) is 54.3 Å². The van der Waals surface area contributed by atoms with Crippen molar-refractivity contribution in [2.24, 2.45) is 5.92 Å². The Balaban J connectivity index is 2.81. The van der Waals surface area contributed by atoms with E-state index in [1.807, 2.05) is 0 Å². The summed E-state index contributed by atoms with van der Waals surface area (Å²) in [6.45, 7) is 2.09. The summed E-state index contributed by atoms with van der Waals surface area (Å²) in [6.07, 6.45) is 6.66. The molecule has 1 fully saturated rings. The summed E-state index contributed by atoms with van der Waals surface area (Å²) in [5.74, 6) is 1.47. The van der Waals surface area contributed by atoms with Gasteiger partial charge in [0.05, 0.1) is 6.54 Å². The van der Waals surface area contributed by atoms with Crippen molar-refractivity contribution in [1.29, 1.82) is 0 Å². The zero-order valence-corrected chi connectivity index (χ0v) is 11.2. The van der Waals surface area contributed by atoms with Gasteiger partial charge in [0.25, 0.3) is 10.2 Å². The molecule has 0 aliphatic carbocycles. The van der Waals surface area contributed by atoms with Gasteiger partial charge in [0.1, 0.15) is 6.54 Å². The van der Waals surface area contributed by atoms with Gasteiger partial charge in [0.15, 0.2) is 0 Å². The minimum absolute atomic E-state index is 0.222. The van der Waals surface area contributed by atoms with Crippen molar-refractivity contribution < 1.29 is 18.3 Å². The number of carboxylic acid groups (broad SMARTS) is 1. The smallest absolute Gasteiger partial charge is 0.318 e. The Kier molecular flexibility index (Phi) is 5.14. The van der Waals surface area contributed by atoms with Gasteiger partial charge in [-0.2, -0.15) is 17.0 Å². The standard InChI is InChI=1S/C11H18N2O4S/c1-3-6-13(9-11(14)15)18(16,17)12-7-4-10(2)5-8-12/h1,10H,4-9H2,2H3,(H,14,15). The second-order valence-electron chi connectivity index (χ2n) is 4.46. The first kappa shape index (κ1) is 15.0. The van der Waals surface area contributed by atoms with E-state index in [-0.39, 0.29) is 6.54 Å². The van der Waals surface area contributed by atoms with E-state index in [0.717, 1.165) is 17.1 Å². The van der Waals surface area contributed by atoms with E-state index in [1.54, 1.807) is 0 Å². The Morgan fingerprint density at radius 2 is 2.06 bits per heavy atom. The molecule has 0 aromatic rings. The minimum atomic E-state index is -3.76. The molecule has 0 spiro atoms. The van der Waals surface area contributed by atoms with Crippen LogP contribution >= 0.6 is 0 Å². The Morgan fingerprint density at radius 3 is 2.50 bits per heavy atom. The highest BCUT2D eigenvalue weighted by atomic mass is 32.2. The lowest BCUT2D eigenvalue weighted by Gasteiger charge is -2.32. The zero-order chi connectivity index (χ0) is 13.8. The van der Waals surface area contributed by atoms with Crippen molar-refractivity contribution >= 4 is 16.2 Å². The molecule has 1 aliphatic rings. The third-order valence-corrected chi connectivity index (χ3v) is 4.90. The Hall–Kier alpha value is -1.10. The summed E-state index contributed by atoms with van der Waals surface area (Å²) in [7, 11) is -3.76. The van der Waals surface area contributed by atoms with Gasteiger partial charge in [-0.05, 0) is 18.8 Å². The fraction of sp³-hybridized carbons (Fsp3) is 0.727. The van der Waals surface area contributed by atoms with Gasteiger partial charge >= 0.3 is 5.97 Å². The Labute approximate surface area is 108 Å². The molecule has 0 aromatic carbocycles. The predicted octanol–water partition coefficient (Wildman–Crippen LogP) is -0.0171. The van der Waals surface area contributed by atoms with Crippen LogP contribution in [-0.2, 0) is 15.0 Å². The van der Waals surface area contributed by atoms with Crippen molar-refractivity contribution in [2.45, 2.75) is 19.8 Å². The average Bonchev–Trinajstić information content (AvgIpc) is 2.28. The van der Waals surface area contributed by atoms with Crippen molar-refractivity contribution in [2.75, 3.05) is 26.2 Å². The second-order valence-corrected chi connectivity index (χ2v) is 6.38. The van der Waals surface area contributed by atoms with Crippen LogP contribution in [0, 0.1) is 18.3 Å². The molecule has 18 heavy (non-hydrogen) atoms. The zero-order valence-electron chi connectivity index (χ0n) is 10.4.